The largest absolute Gasteiger partial charge is 0.476 e. The van der Waals surface area contributed by atoms with E-state index in [0.717, 1.165) is 49.5 Å². The minimum atomic E-state index is -4.35. The van der Waals surface area contributed by atoms with Gasteiger partial charge in [-0.3, -0.25) is 4.90 Å². The van der Waals surface area contributed by atoms with Crippen LogP contribution < -0.4 is 4.74 Å². The van der Waals surface area contributed by atoms with Crippen LogP contribution in [0.1, 0.15) is 42.3 Å². The zero-order valence-corrected chi connectivity index (χ0v) is 21.3. The summed E-state index contributed by atoms with van der Waals surface area (Å²) in [6.45, 7) is 7.94. The fourth-order valence-electron chi connectivity index (χ4n) is 4.18. The molecule has 0 unspecified atom stereocenters. The molecule has 0 aliphatic carbocycles. The smallest absolute Gasteiger partial charge is 0.416 e. The average molecular weight is 519 g/mol. The highest BCUT2D eigenvalue weighted by atomic mass is 32.1. The molecule has 192 valence electrons. The van der Waals surface area contributed by atoms with Crippen LogP contribution in [0.3, 0.4) is 0 Å². The summed E-state index contributed by atoms with van der Waals surface area (Å²) in [4.78, 5) is 15.6. The van der Waals surface area contributed by atoms with Gasteiger partial charge in [0, 0.05) is 30.1 Å². The second kappa shape index (κ2) is 10.6. The zero-order valence-electron chi connectivity index (χ0n) is 20.5. The normalized spacial score (nSPS) is 14.7. The first-order valence-electron chi connectivity index (χ1n) is 11.9. The number of rotatable bonds is 7. The first-order valence-corrected chi connectivity index (χ1v) is 12.7. The van der Waals surface area contributed by atoms with E-state index < -0.39 is 23.3 Å². The summed E-state index contributed by atoms with van der Waals surface area (Å²) >= 11 is 1.38. The predicted molar refractivity (Wildman–Crippen MR) is 133 cm³/mol. The Balaban J connectivity index is 1.38. The highest BCUT2D eigenvalue weighted by Crippen LogP contribution is 2.32. The molecule has 0 fully saturated rings. The Bertz CT molecular complexity index is 1210. The molecule has 9 heteroatoms. The minimum Gasteiger partial charge on any atom is -0.476 e. The van der Waals surface area contributed by atoms with Crippen LogP contribution in [0.5, 0.6) is 5.75 Å². The molecule has 3 aromatic rings. The van der Waals surface area contributed by atoms with Crippen molar-refractivity contribution in [3.8, 4) is 17.0 Å². The second-order valence-corrected chi connectivity index (χ2v) is 10.2. The van der Waals surface area contributed by atoms with Gasteiger partial charge in [0.05, 0.1) is 17.9 Å². The van der Waals surface area contributed by atoms with Gasteiger partial charge in [0.1, 0.15) is 5.75 Å². The lowest BCUT2D eigenvalue weighted by molar-refractivity contribution is -0.158. The summed E-state index contributed by atoms with van der Waals surface area (Å²) in [6.07, 6.45) is -2.61. The van der Waals surface area contributed by atoms with E-state index >= 15 is 0 Å². The molecule has 0 N–H and O–H groups in total. The number of alkyl halides is 3. The SMILES string of the molecule is CCOC(=O)C(C)(C)Oc1ccc2c(c1)CCN(Cc1cc(-c3ccc(C(F)(F)F)cc3)ns1)CC2. The topological polar surface area (TPSA) is 51.7 Å². The molecule has 0 amide bonds. The van der Waals surface area contributed by atoms with Crippen molar-refractivity contribution in [2.45, 2.75) is 51.9 Å². The molecule has 0 bridgehead atoms. The molecule has 1 aromatic heterocycles. The van der Waals surface area contributed by atoms with Gasteiger partial charge in [-0.1, -0.05) is 18.2 Å². The summed E-state index contributed by atoms with van der Waals surface area (Å²) in [5.41, 5.74) is 2.08. The molecular weight excluding hydrogens is 489 g/mol. The molecule has 4 rings (SSSR count). The van der Waals surface area contributed by atoms with Gasteiger partial charge in [-0.2, -0.15) is 17.5 Å². The number of carbonyl (C=O) groups excluding carboxylic acids is 1. The Morgan fingerprint density at radius 1 is 1.03 bits per heavy atom. The maximum absolute atomic E-state index is 12.8. The standard InChI is InChI=1S/C27H29F3N2O3S/c1-4-34-25(33)26(2,3)35-22-10-7-18-11-13-32(14-12-20(18)15-22)17-23-16-24(31-36-23)19-5-8-21(9-6-19)27(28,29)30/h5-10,15-16H,4,11-14,17H2,1-3H3. The molecule has 5 nitrogen and oxygen atoms in total. The molecule has 2 heterocycles. The van der Waals surface area contributed by atoms with Crippen LogP contribution in [0.4, 0.5) is 13.2 Å². The van der Waals surface area contributed by atoms with E-state index in [2.05, 4.69) is 15.3 Å². The third-order valence-corrected chi connectivity index (χ3v) is 6.93. The minimum absolute atomic E-state index is 0.303. The fraction of sp³-hybridized carbons (Fsp3) is 0.407. The Kier molecular flexibility index (Phi) is 7.70. The first kappa shape index (κ1) is 26.2. The second-order valence-electron chi connectivity index (χ2n) is 9.29. The molecule has 2 aromatic carbocycles. The molecule has 0 atom stereocenters. The zero-order chi connectivity index (χ0) is 25.9. The van der Waals surface area contributed by atoms with Crippen LogP contribution in [0.2, 0.25) is 0 Å². The van der Waals surface area contributed by atoms with Crippen molar-refractivity contribution >= 4 is 17.5 Å². The van der Waals surface area contributed by atoms with Gasteiger partial charge < -0.3 is 9.47 Å². The van der Waals surface area contributed by atoms with Crippen LogP contribution >= 0.6 is 11.5 Å². The molecule has 0 radical (unpaired) electrons. The Hall–Kier alpha value is -2.91. The van der Waals surface area contributed by atoms with Crippen molar-refractivity contribution in [3.63, 3.8) is 0 Å². The van der Waals surface area contributed by atoms with E-state index in [1.54, 1.807) is 20.8 Å². The number of hydrogen-bond donors (Lipinski definition) is 0. The van der Waals surface area contributed by atoms with Crippen molar-refractivity contribution in [1.82, 2.24) is 9.27 Å². The van der Waals surface area contributed by atoms with E-state index in [4.69, 9.17) is 9.47 Å². The Morgan fingerprint density at radius 2 is 1.72 bits per heavy atom. The third-order valence-electron chi connectivity index (χ3n) is 6.16. The van der Waals surface area contributed by atoms with Crippen molar-refractivity contribution < 1.29 is 27.4 Å². The molecule has 0 saturated carbocycles. The van der Waals surface area contributed by atoms with Gasteiger partial charge in [-0.05, 0) is 86.6 Å². The Morgan fingerprint density at radius 3 is 2.39 bits per heavy atom. The summed E-state index contributed by atoms with van der Waals surface area (Å²) in [6, 6.07) is 13.0. The maximum Gasteiger partial charge on any atom is 0.416 e. The molecule has 0 saturated heterocycles. The van der Waals surface area contributed by atoms with Crippen molar-refractivity contribution in [2.24, 2.45) is 0 Å². The van der Waals surface area contributed by atoms with E-state index in [-0.39, 0.29) is 0 Å². The van der Waals surface area contributed by atoms with Crippen LogP contribution in [0.25, 0.3) is 11.3 Å². The van der Waals surface area contributed by atoms with Crippen LogP contribution in [-0.2, 0) is 35.1 Å². The molecule has 1 aliphatic rings. The molecule has 1 aliphatic heterocycles. The number of aromatic nitrogens is 1. The maximum atomic E-state index is 12.8. The van der Waals surface area contributed by atoms with Gasteiger partial charge in [0.2, 0.25) is 0 Å². The van der Waals surface area contributed by atoms with Gasteiger partial charge in [0.15, 0.2) is 5.60 Å². The number of benzene rings is 2. The van der Waals surface area contributed by atoms with Crippen LogP contribution in [0, 0.1) is 0 Å². The average Bonchev–Trinajstić information content (AvgIpc) is 3.20. The summed E-state index contributed by atoms with van der Waals surface area (Å²) in [5, 5.41) is 0. The molecule has 36 heavy (non-hydrogen) atoms. The van der Waals surface area contributed by atoms with Gasteiger partial charge in [-0.15, -0.1) is 0 Å². The first-order chi connectivity index (χ1) is 17.0. The number of fused-ring (bicyclic) bond motifs is 1. The van der Waals surface area contributed by atoms with Crippen molar-refractivity contribution in [3.05, 3.63) is 70.1 Å². The summed E-state index contributed by atoms with van der Waals surface area (Å²) < 4.78 is 54.0. The number of nitrogens with zero attached hydrogens (tertiary/aromatic N) is 2. The van der Waals surface area contributed by atoms with E-state index in [1.165, 1.54) is 34.8 Å². The molecular formula is C27H29F3N2O3S. The number of carbonyl (C=O) groups is 1. The molecule has 0 spiro atoms. The van der Waals surface area contributed by atoms with Crippen molar-refractivity contribution in [2.75, 3.05) is 19.7 Å². The quantitative estimate of drug-likeness (QED) is 0.351. The fourth-order valence-corrected chi connectivity index (χ4v) is 4.96. The summed E-state index contributed by atoms with van der Waals surface area (Å²) in [5.74, 6) is 0.246. The number of esters is 1. The third kappa shape index (κ3) is 6.25. The highest BCUT2D eigenvalue weighted by Gasteiger charge is 2.32. The lowest BCUT2D eigenvalue weighted by atomic mass is 10.0. The number of ether oxygens (including phenoxy) is 2. The van der Waals surface area contributed by atoms with Crippen molar-refractivity contribution in [1.29, 1.82) is 0 Å². The monoisotopic (exact) mass is 518 g/mol. The number of hydrogen-bond acceptors (Lipinski definition) is 6. The van der Waals surface area contributed by atoms with E-state index in [1.807, 2.05) is 18.2 Å². The van der Waals surface area contributed by atoms with E-state index in [0.29, 0.717) is 23.6 Å². The van der Waals surface area contributed by atoms with Gasteiger partial charge >= 0.3 is 12.1 Å². The van der Waals surface area contributed by atoms with Crippen LogP contribution in [-0.4, -0.2) is 40.5 Å². The van der Waals surface area contributed by atoms with Gasteiger partial charge in [-0.25, -0.2) is 4.79 Å². The predicted octanol–water partition coefficient (Wildman–Crippen LogP) is 6.15. The highest BCUT2D eigenvalue weighted by molar-refractivity contribution is 7.06. The summed E-state index contributed by atoms with van der Waals surface area (Å²) in [7, 11) is 0. The Labute approximate surface area is 213 Å². The lowest BCUT2D eigenvalue weighted by Crippen LogP contribution is -2.39. The van der Waals surface area contributed by atoms with Gasteiger partial charge in [0.25, 0.3) is 0 Å². The lowest BCUT2D eigenvalue weighted by Gasteiger charge is -2.24. The number of halogens is 3. The van der Waals surface area contributed by atoms with Crippen LogP contribution in [0.15, 0.2) is 48.5 Å². The van der Waals surface area contributed by atoms with E-state index in [9.17, 15) is 18.0 Å².